The van der Waals surface area contributed by atoms with Gasteiger partial charge in [0.2, 0.25) is 10.0 Å². The summed E-state index contributed by atoms with van der Waals surface area (Å²) < 4.78 is 27.1. The van der Waals surface area contributed by atoms with Crippen LogP contribution in [0.25, 0.3) is 10.8 Å². The fourth-order valence-electron chi connectivity index (χ4n) is 2.31. The number of hydrogen-bond donors (Lipinski definition) is 2. The van der Waals surface area contributed by atoms with Crippen LogP contribution in [0.4, 0.5) is 0 Å². The summed E-state index contributed by atoms with van der Waals surface area (Å²) in [5.41, 5.74) is 5.93. The van der Waals surface area contributed by atoms with Crippen LogP contribution in [0.2, 0.25) is 0 Å². The second-order valence-electron chi connectivity index (χ2n) is 5.36. The third kappa shape index (κ3) is 3.74. The van der Waals surface area contributed by atoms with E-state index in [1.165, 1.54) is 0 Å². The summed E-state index contributed by atoms with van der Waals surface area (Å²) in [5, 5.41) is 1.95. The quantitative estimate of drug-likeness (QED) is 0.885. The molecule has 0 saturated heterocycles. The molecule has 3 rings (SSSR count). The molecule has 0 bridgehead atoms. The van der Waals surface area contributed by atoms with E-state index in [1.807, 2.05) is 30.3 Å². The molecule has 2 aromatic rings. The van der Waals surface area contributed by atoms with Crippen molar-refractivity contribution in [3.63, 3.8) is 0 Å². The first-order valence-corrected chi connectivity index (χ1v) is 8.29. The molecular weight excluding hydrogens is 308 g/mol. The normalized spacial score (nSPS) is 16.4. The molecule has 114 valence electrons. The molecule has 0 radical (unpaired) electrons. The number of benzene rings is 2. The van der Waals surface area contributed by atoms with E-state index in [0.717, 1.165) is 23.6 Å². The van der Waals surface area contributed by atoms with Crippen LogP contribution in [-0.2, 0) is 10.0 Å². The summed E-state index contributed by atoms with van der Waals surface area (Å²) in [7, 11) is -3.48. The lowest BCUT2D eigenvalue weighted by Gasteiger charge is -2.12. The largest absolute Gasteiger partial charge is 0.326 e. The van der Waals surface area contributed by atoms with Crippen LogP contribution in [0.15, 0.2) is 47.4 Å². The molecule has 1 saturated carbocycles. The minimum absolute atomic E-state index is 0. The van der Waals surface area contributed by atoms with Gasteiger partial charge in [-0.25, -0.2) is 13.1 Å². The van der Waals surface area contributed by atoms with Crippen molar-refractivity contribution in [2.45, 2.75) is 23.8 Å². The highest BCUT2D eigenvalue weighted by Crippen LogP contribution is 2.31. The number of nitrogens with two attached hydrogens (primary N) is 1. The van der Waals surface area contributed by atoms with E-state index in [9.17, 15) is 8.42 Å². The van der Waals surface area contributed by atoms with Crippen LogP contribution in [0.1, 0.15) is 12.8 Å². The Bertz CT molecular complexity index is 729. The predicted octanol–water partition coefficient (Wildman–Crippen LogP) is 2.28. The second kappa shape index (κ2) is 6.32. The highest BCUT2D eigenvalue weighted by Gasteiger charge is 2.29. The maximum atomic E-state index is 12.3. The topological polar surface area (TPSA) is 72.2 Å². The van der Waals surface area contributed by atoms with E-state index >= 15 is 0 Å². The zero-order valence-corrected chi connectivity index (χ0v) is 13.2. The molecule has 3 N–H and O–H groups in total. The maximum Gasteiger partial charge on any atom is 0.240 e. The van der Waals surface area contributed by atoms with E-state index in [2.05, 4.69) is 4.72 Å². The first-order chi connectivity index (χ1) is 9.56. The smallest absolute Gasteiger partial charge is 0.240 e. The van der Waals surface area contributed by atoms with Gasteiger partial charge >= 0.3 is 0 Å². The first kappa shape index (κ1) is 16.2. The number of halogens is 1. The van der Waals surface area contributed by atoms with Gasteiger partial charge in [0, 0.05) is 12.6 Å². The first-order valence-electron chi connectivity index (χ1n) is 6.80. The Kier molecular flexibility index (Phi) is 4.88. The molecule has 0 heterocycles. The lowest BCUT2D eigenvalue weighted by atomic mass is 10.1. The van der Waals surface area contributed by atoms with Gasteiger partial charge in [-0.15, -0.1) is 12.4 Å². The molecule has 1 fully saturated rings. The molecule has 2 aromatic carbocycles. The van der Waals surface area contributed by atoms with Gasteiger partial charge in [0.25, 0.3) is 0 Å². The van der Waals surface area contributed by atoms with Crippen molar-refractivity contribution in [2.75, 3.05) is 6.54 Å². The van der Waals surface area contributed by atoms with Gasteiger partial charge in [-0.05, 0) is 41.7 Å². The van der Waals surface area contributed by atoms with Crippen molar-refractivity contribution in [3.8, 4) is 0 Å². The summed E-state index contributed by atoms with van der Waals surface area (Å²) in [5.74, 6) is 0.481. The molecule has 0 amide bonds. The van der Waals surface area contributed by atoms with Crippen molar-refractivity contribution in [1.29, 1.82) is 0 Å². The molecule has 1 atom stereocenters. The van der Waals surface area contributed by atoms with E-state index in [1.54, 1.807) is 12.1 Å². The van der Waals surface area contributed by atoms with Gasteiger partial charge in [0.15, 0.2) is 0 Å². The Morgan fingerprint density at radius 2 is 1.81 bits per heavy atom. The fourth-order valence-corrected chi connectivity index (χ4v) is 3.42. The van der Waals surface area contributed by atoms with Gasteiger partial charge in [0.1, 0.15) is 0 Å². The van der Waals surface area contributed by atoms with Crippen molar-refractivity contribution in [2.24, 2.45) is 11.7 Å². The van der Waals surface area contributed by atoms with Crippen LogP contribution in [0.3, 0.4) is 0 Å². The third-order valence-corrected chi connectivity index (χ3v) is 5.19. The Morgan fingerprint density at radius 1 is 1.14 bits per heavy atom. The second-order valence-corrected chi connectivity index (χ2v) is 7.13. The van der Waals surface area contributed by atoms with E-state index in [-0.39, 0.29) is 18.4 Å². The Balaban J connectivity index is 0.00000161. The molecule has 6 heteroatoms. The van der Waals surface area contributed by atoms with E-state index in [0.29, 0.717) is 17.4 Å². The van der Waals surface area contributed by atoms with Gasteiger partial charge in [0.05, 0.1) is 4.90 Å². The number of sulfonamides is 1. The van der Waals surface area contributed by atoms with Crippen LogP contribution in [-0.4, -0.2) is 21.0 Å². The molecule has 1 aliphatic rings. The standard InChI is InChI=1S/C15H18N2O2S.ClH/c16-15(12-5-6-12)10-17-20(18,19)14-8-7-11-3-1-2-4-13(11)9-14;/h1-4,7-9,12,15,17H,5-6,10,16H2;1H. The van der Waals surface area contributed by atoms with Crippen LogP contribution >= 0.6 is 12.4 Å². The van der Waals surface area contributed by atoms with Gasteiger partial charge in [-0.2, -0.15) is 0 Å². The zero-order valence-electron chi connectivity index (χ0n) is 11.5. The monoisotopic (exact) mass is 326 g/mol. The Hall–Kier alpha value is -1.14. The molecule has 1 aliphatic carbocycles. The molecule has 21 heavy (non-hydrogen) atoms. The zero-order chi connectivity index (χ0) is 14.2. The Labute approximate surface area is 131 Å². The van der Waals surface area contributed by atoms with E-state index in [4.69, 9.17) is 5.73 Å². The molecular formula is C15H19ClN2O2S. The minimum atomic E-state index is -3.48. The third-order valence-electron chi connectivity index (χ3n) is 3.77. The van der Waals surface area contributed by atoms with Gasteiger partial charge in [-0.1, -0.05) is 30.3 Å². The summed E-state index contributed by atoms with van der Waals surface area (Å²) in [6.07, 6.45) is 2.22. The van der Waals surface area contributed by atoms with Crippen molar-refractivity contribution < 1.29 is 8.42 Å². The minimum Gasteiger partial charge on any atom is -0.326 e. The van der Waals surface area contributed by atoms with Crippen LogP contribution < -0.4 is 10.5 Å². The molecule has 1 unspecified atom stereocenters. The summed E-state index contributed by atoms with van der Waals surface area (Å²) in [4.78, 5) is 0.291. The molecule has 0 aromatic heterocycles. The highest BCUT2D eigenvalue weighted by atomic mass is 35.5. The van der Waals surface area contributed by atoms with Gasteiger partial charge in [-0.3, -0.25) is 0 Å². The summed E-state index contributed by atoms with van der Waals surface area (Å²) in [6.45, 7) is 0.305. The fraction of sp³-hybridized carbons (Fsp3) is 0.333. The molecule has 0 aliphatic heterocycles. The number of fused-ring (bicyclic) bond motifs is 1. The highest BCUT2D eigenvalue weighted by molar-refractivity contribution is 7.89. The predicted molar refractivity (Wildman–Crippen MR) is 87.1 cm³/mol. The van der Waals surface area contributed by atoms with Crippen molar-refractivity contribution in [1.82, 2.24) is 4.72 Å². The number of nitrogens with one attached hydrogen (secondary N) is 1. The van der Waals surface area contributed by atoms with Crippen molar-refractivity contribution in [3.05, 3.63) is 42.5 Å². The number of hydrogen-bond acceptors (Lipinski definition) is 3. The average Bonchev–Trinajstić information content (AvgIpc) is 3.29. The Morgan fingerprint density at radius 3 is 2.48 bits per heavy atom. The van der Waals surface area contributed by atoms with E-state index < -0.39 is 10.0 Å². The van der Waals surface area contributed by atoms with Crippen molar-refractivity contribution >= 4 is 33.2 Å². The lowest BCUT2D eigenvalue weighted by molar-refractivity contribution is 0.548. The summed E-state index contributed by atoms with van der Waals surface area (Å²) >= 11 is 0. The van der Waals surface area contributed by atoms with Crippen LogP contribution in [0, 0.1) is 5.92 Å². The maximum absolute atomic E-state index is 12.3. The SMILES string of the molecule is Cl.NC(CNS(=O)(=O)c1ccc2ccccc2c1)C1CC1. The average molecular weight is 327 g/mol. The molecule has 0 spiro atoms. The number of rotatable bonds is 5. The van der Waals surface area contributed by atoms with Gasteiger partial charge < -0.3 is 5.73 Å². The van der Waals surface area contributed by atoms with Crippen LogP contribution in [0.5, 0.6) is 0 Å². The summed E-state index contributed by atoms with van der Waals surface area (Å²) in [6, 6.07) is 12.8. The molecule has 4 nitrogen and oxygen atoms in total. The lowest BCUT2D eigenvalue weighted by Crippen LogP contribution is -2.38.